The number of oxazole rings is 1. The van der Waals surface area contributed by atoms with E-state index in [0.717, 1.165) is 11.1 Å². The summed E-state index contributed by atoms with van der Waals surface area (Å²) in [5, 5.41) is 3.84. The van der Waals surface area contributed by atoms with E-state index < -0.39 is 23.8 Å². The van der Waals surface area contributed by atoms with Crippen molar-refractivity contribution in [1.29, 1.82) is 0 Å². The molecular formula is C26H27N7O6S. The molecule has 4 aromatic rings. The smallest absolute Gasteiger partial charge is 0.303 e. The Morgan fingerprint density at radius 3 is 2.83 bits per heavy atom. The van der Waals surface area contributed by atoms with Gasteiger partial charge in [-0.15, -0.1) is 0 Å². The molecule has 5 rings (SSSR count). The normalized spacial score (nSPS) is 14.9. The lowest BCUT2D eigenvalue weighted by Crippen LogP contribution is -2.45. The molecule has 0 saturated heterocycles. The summed E-state index contributed by atoms with van der Waals surface area (Å²) in [6.07, 6.45) is 5.81. The number of thioether (sulfide) groups is 1. The average Bonchev–Trinajstić information content (AvgIpc) is 3.67. The van der Waals surface area contributed by atoms with Gasteiger partial charge in [0.05, 0.1) is 6.20 Å². The highest BCUT2D eigenvalue weighted by atomic mass is 32.2. The number of nitrogens with two attached hydrogens (primary N) is 1. The van der Waals surface area contributed by atoms with Gasteiger partial charge in [-0.25, -0.2) is 19.9 Å². The molecule has 3 N–H and O–H groups in total. The second-order valence-corrected chi connectivity index (χ2v) is 10.2. The van der Waals surface area contributed by atoms with Crippen molar-refractivity contribution in [3.05, 3.63) is 60.0 Å². The number of anilines is 1. The number of nitrogen functional groups attached to an aromatic ring is 1. The predicted octanol–water partition coefficient (Wildman–Crippen LogP) is 3.55. The molecule has 0 bridgehead atoms. The Kier molecular flexibility index (Phi) is 7.60. The fourth-order valence-electron chi connectivity index (χ4n) is 4.08. The molecule has 1 aliphatic rings. The molecule has 1 unspecified atom stereocenters. The van der Waals surface area contributed by atoms with Crippen molar-refractivity contribution in [2.75, 3.05) is 12.3 Å². The minimum absolute atomic E-state index is 0.248. The molecule has 0 radical (unpaired) electrons. The molecule has 1 aliphatic heterocycles. The fourth-order valence-corrected chi connectivity index (χ4v) is 4.92. The molecule has 0 fully saturated rings. The number of imidazole rings is 1. The highest BCUT2D eigenvalue weighted by Gasteiger charge is 2.31. The number of aryl methyl sites for hydroxylation is 1. The van der Waals surface area contributed by atoms with Gasteiger partial charge in [-0.3, -0.25) is 9.59 Å². The SMILES string of the molecule is CC(=O)OC(C)(C)C(=O)NCCCn1c(SC2=COC(c3ccccc3-c3ncco3)O2)nc2c(N)ncnc21. The first-order valence-corrected chi connectivity index (χ1v) is 13.2. The van der Waals surface area contributed by atoms with Crippen LogP contribution in [0.3, 0.4) is 0 Å². The Balaban J connectivity index is 1.29. The maximum Gasteiger partial charge on any atom is 0.303 e. The number of hydrogen-bond donors (Lipinski definition) is 2. The lowest BCUT2D eigenvalue weighted by Gasteiger charge is -2.23. The molecule has 4 heterocycles. The average molecular weight is 566 g/mol. The summed E-state index contributed by atoms with van der Waals surface area (Å²) >= 11 is 1.25. The third kappa shape index (κ3) is 5.71. The van der Waals surface area contributed by atoms with E-state index in [-0.39, 0.29) is 5.82 Å². The van der Waals surface area contributed by atoms with Crippen LogP contribution in [-0.2, 0) is 30.3 Å². The number of ether oxygens (including phenoxy) is 3. The van der Waals surface area contributed by atoms with E-state index in [1.165, 1.54) is 51.4 Å². The van der Waals surface area contributed by atoms with Gasteiger partial charge in [0.15, 0.2) is 27.7 Å². The fraction of sp³-hybridized carbons (Fsp3) is 0.308. The molecular weight excluding hydrogens is 538 g/mol. The van der Waals surface area contributed by atoms with Crippen LogP contribution in [0.5, 0.6) is 0 Å². The van der Waals surface area contributed by atoms with E-state index in [0.29, 0.717) is 46.8 Å². The number of nitrogens with one attached hydrogen (secondary N) is 1. The first-order chi connectivity index (χ1) is 19.2. The highest BCUT2D eigenvalue weighted by molar-refractivity contribution is 8.02. The number of carbonyl (C=O) groups excluding carboxylic acids is 2. The molecule has 3 aromatic heterocycles. The Morgan fingerprint density at radius 1 is 1.23 bits per heavy atom. The molecule has 40 heavy (non-hydrogen) atoms. The van der Waals surface area contributed by atoms with Gasteiger partial charge in [0.2, 0.25) is 11.0 Å². The van der Waals surface area contributed by atoms with Gasteiger partial charge in [-0.1, -0.05) is 18.2 Å². The first-order valence-electron chi connectivity index (χ1n) is 12.4. The summed E-state index contributed by atoms with van der Waals surface area (Å²) in [5.41, 5.74) is 7.31. The number of fused-ring (bicyclic) bond motifs is 1. The van der Waals surface area contributed by atoms with E-state index in [1.807, 2.05) is 28.8 Å². The number of benzene rings is 1. The van der Waals surface area contributed by atoms with Crippen LogP contribution in [0.2, 0.25) is 0 Å². The minimum atomic E-state index is -1.27. The molecule has 1 amide bonds. The molecule has 208 valence electrons. The topological polar surface area (TPSA) is 170 Å². The maximum absolute atomic E-state index is 12.5. The van der Waals surface area contributed by atoms with Gasteiger partial charge < -0.3 is 34.2 Å². The summed E-state index contributed by atoms with van der Waals surface area (Å²) in [7, 11) is 0. The summed E-state index contributed by atoms with van der Waals surface area (Å²) in [4.78, 5) is 41.0. The van der Waals surface area contributed by atoms with Crippen LogP contribution in [0.4, 0.5) is 5.82 Å². The number of esters is 1. The van der Waals surface area contributed by atoms with E-state index in [1.54, 1.807) is 6.20 Å². The van der Waals surface area contributed by atoms with Crippen LogP contribution in [-0.4, -0.2) is 48.5 Å². The molecule has 13 nitrogen and oxygen atoms in total. The number of rotatable bonds is 10. The third-order valence-corrected chi connectivity index (χ3v) is 6.78. The predicted molar refractivity (Wildman–Crippen MR) is 144 cm³/mol. The van der Waals surface area contributed by atoms with Gasteiger partial charge >= 0.3 is 5.97 Å². The minimum Gasteiger partial charge on any atom is -0.454 e. The summed E-state index contributed by atoms with van der Waals surface area (Å²) < 4.78 is 24.4. The van der Waals surface area contributed by atoms with Crippen LogP contribution in [0.15, 0.2) is 64.0 Å². The Hall–Kier alpha value is -4.59. The maximum atomic E-state index is 12.5. The lowest BCUT2D eigenvalue weighted by molar-refractivity contribution is -0.162. The molecule has 0 saturated carbocycles. The first kappa shape index (κ1) is 27.0. The zero-order valence-corrected chi connectivity index (χ0v) is 22.8. The quantitative estimate of drug-likeness (QED) is 0.212. The lowest BCUT2D eigenvalue weighted by atomic mass is 10.1. The third-order valence-electron chi connectivity index (χ3n) is 5.90. The van der Waals surface area contributed by atoms with Crippen molar-refractivity contribution in [3.8, 4) is 11.5 Å². The molecule has 1 aromatic carbocycles. The van der Waals surface area contributed by atoms with Crippen molar-refractivity contribution < 1.29 is 28.2 Å². The van der Waals surface area contributed by atoms with Crippen LogP contribution >= 0.6 is 11.8 Å². The largest absolute Gasteiger partial charge is 0.454 e. The van der Waals surface area contributed by atoms with Crippen LogP contribution < -0.4 is 11.1 Å². The molecule has 1 atom stereocenters. The van der Waals surface area contributed by atoms with Crippen LogP contribution in [0.25, 0.3) is 22.6 Å². The van der Waals surface area contributed by atoms with E-state index >= 15 is 0 Å². The monoisotopic (exact) mass is 565 g/mol. The van der Waals surface area contributed by atoms with Crippen LogP contribution in [0, 0.1) is 0 Å². The van der Waals surface area contributed by atoms with E-state index in [2.05, 4.69) is 25.3 Å². The number of nitrogens with zero attached hydrogens (tertiary/aromatic N) is 5. The van der Waals surface area contributed by atoms with Crippen molar-refractivity contribution in [3.63, 3.8) is 0 Å². The van der Waals surface area contributed by atoms with E-state index in [4.69, 9.17) is 24.4 Å². The molecule has 14 heteroatoms. The summed E-state index contributed by atoms with van der Waals surface area (Å²) in [5.74, 6) is -0.211. The van der Waals surface area contributed by atoms with Gasteiger partial charge in [0.25, 0.3) is 12.2 Å². The Morgan fingerprint density at radius 2 is 2.05 bits per heavy atom. The van der Waals surface area contributed by atoms with Gasteiger partial charge in [-0.2, -0.15) is 0 Å². The number of carbonyl (C=O) groups is 2. The van der Waals surface area contributed by atoms with Gasteiger partial charge in [0.1, 0.15) is 18.9 Å². The van der Waals surface area contributed by atoms with Crippen molar-refractivity contribution in [2.45, 2.75) is 50.8 Å². The Labute approximate surface area is 233 Å². The summed E-state index contributed by atoms with van der Waals surface area (Å²) in [6.45, 7) is 5.12. The second-order valence-electron chi connectivity index (χ2n) is 9.24. The molecule has 0 aliphatic carbocycles. The standard InChI is InChI=1S/C26H27N7O6S/c1-15(34)39-26(2,3)24(35)29-9-6-11-33-21-19(20(27)30-14-31-21)32-25(33)40-18-13-37-23(38-18)17-8-5-4-7-16(17)22-28-10-12-36-22/h4-5,7-8,10,12-14,23H,6,9,11H2,1-3H3,(H,29,35)(H2,27,30,31). The van der Waals surface area contributed by atoms with Crippen molar-refractivity contribution in [2.24, 2.45) is 0 Å². The highest BCUT2D eigenvalue weighted by Crippen LogP contribution is 2.40. The Bertz CT molecular complexity index is 1570. The van der Waals surface area contributed by atoms with Crippen molar-refractivity contribution in [1.82, 2.24) is 29.8 Å². The number of aromatic nitrogens is 5. The number of amides is 1. The zero-order chi connectivity index (χ0) is 28.3. The number of hydrogen-bond acceptors (Lipinski definition) is 12. The van der Waals surface area contributed by atoms with Crippen molar-refractivity contribution >= 4 is 40.6 Å². The zero-order valence-electron chi connectivity index (χ0n) is 22.0. The second kappa shape index (κ2) is 11.3. The summed E-state index contributed by atoms with van der Waals surface area (Å²) in [6, 6.07) is 7.53. The van der Waals surface area contributed by atoms with Gasteiger partial charge in [-0.05, 0) is 38.1 Å². The van der Waals surface area contributed by atoms with Gasteiger partial charge in [0, 0.05) is 31.1 Å². The van der Waals surface area contributed by atoms with E-state index in [9.17, 15) is 9.59 Å². The molecule has 0 spiro atoms. The van der Waals surface area contributed by atoms with Crippen LogP contribution in [0.1, 0.15) is 39.0 Å².